The number of hydrogen-bond donors (Lipinski definition) is 2. The summed E-state index contributed by atoms with van der Waals surface area (Å²) in [6.45, 7) is 1.98. The van der Waals surface area contributed by atoms with Gasteiger partial charge in [0.1, 0.15) is 5.78 Å². The molecule has 0 aliphatic heterocycles. The summed E-state index contributed by atoms with van der Waals surface area (Å²) in [5, 5.41) is 8.91. The Balaban J connectivity index is 3.54. The van der Waals surface area contributed by atoms with Crippen LogP contribution in [-0.2, 0) is 19.4 Å². The van der Waals surface area contributed by atoms with Gasteiger partial charge in [0.05, 0.1) is 6.10 Å². The van der Waals surface area contributed by atoms with Crippen molar-refractivity contribution in [3.63, 3.8) is 0 Å². The zero-order valence-electron chi connectivity index (χ0n) is 18.9. The van der Waals surface area contributed by atoms with Crippen molar-refractivity contribution < 1.29 is 27.1 Å². The van der Waals surface area contributed by atoms with E-state index in [0.29, 0.717) is 6.42 Å². The Morgan fingerprint density at radius 2 is 1.37 bits per heavy atom. The minimum atomic E-state index is -4.56. The third-order valence-electron chi connectivity index (χ3n) is 5.17. The van der Waals surface area contributed by atoms with Crippen LogP contribution in [0.5, 0.6) is 0 Å². The number of hydrogen-bond acceptors (Lipinski definition) is 5. The van der Waals surface area contributed by atoms with Gasteiger partial charge in [-0.2, -0.15) is 8.42 Å². The molecule has 30 heavy (non-hydrogen) atoms. The maximum atomic E-state index is 11.9. The highest BCUT2D eigenvalue weighted by Crippen LogP contribution is 2.14. The van der Waals surface area contributed by atoms with E-state index in [1.807, 2.05) is 0 Å². The molecule has 0 saturated heterocycles. The molecule has 0 aliphatic carbocycles. The molecule has 7 heteroatoms. The quantitative estimate of drug-likeness (QED) is 0.121. The molecule has 0 aliphatic rings. The molecular weight excluding hydrogens is 404 g/mol. The number of carbonyl (C=O) groups is 1. The van der Waals surface area contributed by atoms with Crippen LogP contribution in [0.3, 0.4) is 0 Å². The van der Waals surface area contributed by atoms with Crippen molar-refractivity contribution in [3.05, 3.63) is 12.2 Å². The summed E-state index contributed by atoms with van der Waals surface area (Å²) in [6, 6.07) is 0. The second kappa shape index (κ2) is 20.2. The molecule has 0 aromatic rings. The van der Waals surface area contributed by atoms with Gasteiger partial charge < -0.3 is 5.11 Å². The molecule has 178 valence electrons. The number of rotatable bonds is 22. The standard InChI is InChI=1S/C23H44O6S/c1-2-3-4-5-6-7-8-9-10-11-12-13-14-15-16-17-22(25)18-19-23(20-21-24)29-30(26,27)28/h9-10,23-24H,2-8,11-21H2,1H3,(H,26,27,28)/b10-9-. The first-order valence-corrected chi connectivity index (χ1v) is 13.2. The Morgan fingerprint density at radius 3 is 1.90 bits per heavy atom. The van der Waals surface area contributed by atoms with Gasteiger partial charge in [0, 0.05) is 19.4 Å². The largest absolute Gasteiger partial charge is 0.397 e. The number of carbonyl (C=O) groups excluding carboxylic acids is 1. The normalized spacial score (nSPS) is 13.2. The van der Waals surface area contributed by atoms with Crippen LogP contribution < -0.4 is 0 Å². The van der Waals surface area contributed by atoms with Gasteiger partial charge in [0.15, 0.2) is 0 Å². The average molecular weight is 449 g/mol. The van der Waals surface area contributed by atoms with Gasteiger partial charge in [-0.05, 0) is 44.9 Å². The first-order chi connectivity index (χ1) is 14.4. The zero-order chi connectivity index (χ0) is 22.5. The predicted molar refractivity (Wildman–Crippen MR) is 122 cm³/mol. The topological polar surface area (TPSA) is 101 Å². The van der Waals surface area contributed by atoms with Crippen molar-refractivity contribution in [2.75, 3.05) is 6.61 Å². The molecule has 0 rings (SSSR count). The first-order valence-electron chi connectivity index (χ1n) is 11.8. The highest BCUT2D eigenvalue weighted by molar-refractivity contribution is 7.80. The van der Waals surface area contributed by atoms with Crippen molar-refractivity contribution >= 4 is 16.2 Å². The van der Waals surface area contributed by atoms with E-state index in [0.717, 1.165) is 25.7 Å². The summed E-state index contributed by atoms with van der Waals surface area (Å²) < 4.78 is 34.7. The lowest BCUT2D eigenvalue weighted by Crippen LogP contribution is -2.20. The summed E-state index contributed by atoms with van der Waals surface area (Å²) in [5.41, 5.74) is 0. The van der Waals surface area contributed by atoms with Gasteiger partial charge in [-0.1, -0.05) is 70.4 Å². The summed E-state index contributed by atoms with van der Waals surface area (Å²) >= 11 is 0. The van der Waals surface area contributed by atoms with Crippen molar-refractivity contribution in [1.82, 2.24) is 0 Å². The van der Waals surface area contributed by atoms with E-state index >= 15 is 0 Å². The van der Waals surface area contributed by atoms with E-state index < -0.39 is 16.5 Å². The van der Waals surface area contributed by atoms with Gasteiger partial charge in [0.2, 0.25) is 0 Å². The van der Waals surface area contributed by atoms with Crippen molar-refractivity contribution in [2.24, 2.45) is 0 Å². The number of allylic oxidation sites excluding steroid dienone is 2. The second-order valence-corrected chi connectivity index (χ2v) is 9.12. The molecule has 0 radical (unpaired) electrons. The molecule has 0 amide bonds. The van der Waals surface area contributed by atoms with Gasteiger partial charge in [-0.25, -0.2) is 4.18 Å². The molecule has 2 N–H and O–H groups in total. The van der Waals surface area contributed by atoms with E-state index in [2.05, 4.69) is 23.3 Å². The SMILES string of the molecule is CCCCCCCC/C=C\CCCCCCCC(=O)CCC(CCO)OS(=O)(=O)O. The monoisotopic (exact) mass is 448 g/mol. The van der Waals surface area contributed by atoms with Gasteiger partial charge in [0.25, 0.3) is 0 Å². The Bertz CT molecular complexity index is 530. The number of aliphatic hydroxyl groups excluding tert-OH is 1. The number of unbranched alkanes of at least 4 members (excludes halogenated alkanes) is 11. The van der Waals surface area contributed by atoms with Crippen LogP contribution in [0.25, 0.3) is 0 Å². The third kappa shape index (κ3) is 21.9. The third-order valence-corrected chi connectivity index (χ3v) is 5.69. The summed E-state index contributed by atoms with van der Waals surface area (Å²) in [6.07, 6.45) is 20.4. The lowest BCUT2D eigenvalue weighted by Gasteiger charge is -2.13. The summed E-state index contributed by atoms with van der Waals surface area (Å²) in [7, 11) is -4.56. The van der Waals surface area contributed by atoms with Crippen LogP contribution in [0.4, 0.5) is 0 Å². The number of aliphatic hydroxyl groups is 1. The molecule has 0 aromatic carbocycles. The van der Waals surface area contributed by atoms with Crippen LogP contribution in [-0.4, -0.2) is 36.6 Å². The Hall–Kier alpha value is -0.760. The fourth-order valence-electron chi connectivity index (χ4n) is 3.40. The average Bonchev–Trinajstić information content (AvgIpc) is 2.68. The van der Waals surface area contributed by atoms with Gasteiger partial charge in [-0.15, -0.1) is 0 Å². The molecular formula is C23H44O6S. The van der Waals surface area contributed by atoms with Gasteiger partial charge >= 0.3 is 10.4 Å². The van der Waals surface area contributed by atoms with E-state index in [1.165, 1.54) is 57.8 Å². The highest BCUT2D eigenvalue weighted by Gasteiger charge is 2.18. The van der Waals surface area contributed by atoms with Crippen LogP contribution in [0.2, 0.25) is 0 Å². The zero-order valence-corrected chi connectivity index (χ0v) is 19.7. The highest BCUT2D eigenvalue weighted by atomic mass is 32.3. The summed E-state index contributed by atoms with van der Waals surface area (Å²) in [5.74, 6) is 0.0644. The summed E-state index contributed by atoms with van der Waals surface area (Å²) in [4.78, 5) is 11.9. The second-order valence-electron chi connectivity index (χ2n) is 8.07. The smallest absolute Gasteiger partial charge is 0.396 e. The van der Waals surface area contributed by atoms with Crippen molar-refractivity contribution in [1.29, 1.82) is 0 Å². The Labute approximate surface area is 184 Å². The lowest BCUT2D eigenvalue weighted by molar-refractivity contribution is -0.119. The van der Waals surface area contributed by atoms with E-state index in [4.69, 9.17) is 9.66 Å². The Morgan fingerprint density at radius 1 is 0.833 bits per heavy atom. The molecule has 0 fully saturated rings. The fraction of sp³-hybridized carbons (Fsp3) is 0.870. The minimum absolute atomic E-state index is 0.0644. The van der Waals surface area contributed by atoms with E-state index in [-0.39, 0.29) is 31.7 Å². The van der Waals surface area contributed by atoms with E-state index in [9.17, 15) is 13.2 Å². The molecule has 0 spiro atoms. The molecule has 0 bridgehead atoms. The maximum Gasteiger partial charge on any atom is 0.397 e. The van der Waals surface area contributed by atoms with Crippen LogP contribution in [0.1, 0.15) is 116 Å². The van der Waals surface area contributed by atoms with Crippen molar-refractivity contribution in [2.45, 2.75) is 122 Å². The molecule has 6 nitrogen and oxygen atoms in total. The van der Waals surface area contributed by atoms with Crippen LogP contribution in [0.15, 0.2) is 12.2 Å². The van der Waals surface area contributed by atoms with Crippen LogP contribution >= 0.6 is 0 Å². The fourth-order valence-corrected chi connectivity index (χ4v) is 3.93. The first kappa shape index (κ1) is 29.2. The molecule has 0 aromatic heterocycles. The van der Waals surface area contributed by atoms with Crippen molar-refractivity contribution in [3.8, 4) is 0 Å². The number of ketones is 1. The molecule has 0 saturated carbocycles. The minimum Gasteiger partial charge on any atom is -0.396 e. The Kier molecular flexibility index (Phi) is 19.6. The molecule has 0 heterocycles. The van der Waals surface area contributed by atoms with Gasteiger partial charge in [-0.3, -0.25) is 9.35 Å². The molecule has 1 atom stereocenters. The number of Topliss-reactive ketones (excluding diaryl/α,β-unsaturated/α-hetero) is 1. The molecule has 1 unspecified atom stereocenters. The lowest BCUT2D eigenvalue weighted by atomic mass is 10.0. The predicted octanol–water partition coefficient (Wildman–Crippen LogP) is 5.94. The maximum absolute atomic E-state index is 11.9. The van der Waals surface area contributed by atoms with E-state index in [1.54, 1.807) is 0 Å². The van der Waals surface area contributed by atoms with Crippen LogP contribution in [0, 0.1) is 0 Å².